The van der Waals surface area contributed by atoms with Crippen LogP contribution in [0.3, 0.4) is 0 Å². The Balaban J connectivity index is 1.39. The summed E-state index contributed by atoms with van der Waals surface area (Å²) >= 11 is 0. The molecule has 0 spiro atoms. The van der Waals surface area contributed by atoms with Gasteiger partial charge in [0.15, 0.2) is 0 Å². The van der Waals surface area contributed by atoms with E-state index in [0.29, 0.717) is 30.7 Å². The molecule has 3 aliphatic heterocycles. The first kappa shape index (κ1) is 14.2. The van der Waals surface area contributed by atoms with Crippen LogP contribution in [-0.4, -0.2) is 54.4 Å². The van der Waals surface area contributed by atoms with Gasteiger partial charge in [-0.3, -0.25) is 4.79 Å². The van der Waals surface area contributed by atoms with E-state index in [0.717, 1.165) is 29.4 Å². The molecule has 4 heteroatoms. The Morgan fingerprint density at radius 1 is 1.23 bits per heavy atom. The second-order valence-electron chi connectivity index (χ2n) is 7.11. The van der Waals surface area contributed by atoms with Gasteiger partial charge in [0.25, 0.3) is 0 Å². The first-order valence-corrected chi connectivity index (χ1v) is 8.35. The summed E-state index contributed by atoms with van der Waals surface area (Å²) in [5, 5.41) is 0. The number of epoxide rings is 1. The number of esters is 1. The lowest BCUT2D eigenvalue weighted by Gasteiger charge is -2.47. The monoisotopic (exact) mass is 302 g/mol. The van der Waals surface area contributed by atoms with Gasteiger partial charge in [0.2, 0.25) is 0 Å². The standard InChI is InChI=1S/C18H24NO3/c1-3-19(2)14-10-13(11-15(19)18-17(14)22-18)21-16(20)9-12-7-5-4-6-8-12/h4-8,13-15,17-18H,3,9-11H2,1-2H3/q+1/t13?,14-,15+,17?,18?,19?. The Kier molecular flexibility index (Phi) is 3.27. The maximum Gasteiger partial charge on any atom is 0.310 e. The number of benzene rings is 1. The highest BCUT2D eigenvalue weighted by atomic mass is 16.6. The van der Waals surface area contributed by atoms with Gasteiger partial charge in [-0.05, 0) is 12.5 Å². The zero-order valence-corrected chi connectivity index (χ0v) is 13.3. The van der Waals surface area contributed by atoms with Crippen LogP contribution < -0.4 is 0 Å². The molecule has 3 saturated heterocycles. The van der Waals surface area contributed by atoms with Crippen molar-refractivity contribution in [2.75, 3.05) is 13.6 Å². The Morgan fingerprint density at radius 3 is 2.45 bits per heavy atom. The van der Waals surface area contributed by atoms with Crippen molar-refractivity contribution >= 4 is 5.97 Å². The number of fused-ring (bicyclic) bond motifs is 5. The first-order chi connectivity index (χ1) is 10.6. The lowest BCUT2D eigenvalue weighted by Crippen LogP contribution is -2.62. The number of hydrogen-bond donors (Lipinski definition) is 0. The molecule has 1 aromatic rings. The predicted octanol–water partition coefficient (Wildman–Crippen LogP) is 1.92. The molecule has 4 rings (SSSR count). The maximum absolute atomic E-state index is 12.2. The summed E-state index contributed by atoms with van der Waals surface area (Å²) in [5.41, 5.74) is 1.02. The van der Waals surface area contributed by atoms with Crippen molar-refractivity contribution in [1.82, 2.24) is 0 Å². The van der Waals surface area contributed by atoms with Crippen molar-refractivity contribution < 1.29 is 18.8 Å². The second-order valence-corrected chi connectivity index (χ2v) is 7.11. The van der Waals surface area contributed by atoms with Crippen molar-refractivity contribution in [1.29, 1.82) is 0 Å². The third-order valence-electron chi connectivity index (χ3n) is 6.01. The number of quaternary nitrogens is 1. The smallest absolute Gasteiger partial charge is 0.310 e. The molecule has 3 aliphatic rings. The van der Waals surface area contributed by atoms with Crippen LogP contribution in [0.2, 0.25) is 0 Å². The van der Waals surface area contributed by atoms with Crippen LogP contribution in [0.4, 0.5) is 0 Å². The van der Waals surface area contributed by atoms with Gasteiger partial charge in [0.1, 0.15) is 30.4 Å². The van der Waals surface area contributed by atoms with Crippen LogP contribution >= 0.6 is 0 Å². The van der Waals surface area contributed by atoms with E-state index in [1.54, 1.807) is 0 Å². The number of morpholine rings is 1. The molecule has 0 amide bonds. The quantitative estimate of drug-likeness (QED) is 0.484. The number of piperidine rings is 1. The minimum absolute atomic E-state index is 0.0698. The zero-order chi connectivity index (χ0) is 15.3. The molecule has 0 radical (unpaired) electrons. The van der Waals surface area contributed by atoms with Crippen LogP contribution in [0.5, 0.6) is 0 Å². The van der Waals surface area contributed by atoms with Gasteiger partial charge in [0.05, 0.1) is 20.0 Å². The summed E-state index contributed by atoms with van der Waals surface area (Å²) in [7, 11) is 2.34. The molecule has 1 aromatic carbocycles. The van der Waals surface area contributed by atoms with Crippen LogP contribution in [0, 0.1) is 0 Å². The van der Waals surface area contributed by atoms with Crippen molar-refractivity contribution in [2.45, 2.75) is 56.6 Å². The number of hydrogen-bond acceptors (Lipinski definition) is 3. The van der Waals surface area contributed by atoms with Crippen molar-refractivity contribution in [3.8, 4) is 0 Å². The molecular weight excluding hydrogens is 278 g/mol. The summed E-state index contributed by atoms with van der Waals surface area (Å²) in [5.74, 6) is -0.0993. The molecule has 2 bridgehead atoms. The van der Waals surface area contributed by atoms with E-state index < -0.39 is 0 Å². The van der Waals surface area contributed by atoms with E-state index in [1.807, 2.05) is 30.3 Å². The molecule has 6 atom stereocenters. The number of likely N-dealkylation sites (N-methyl/N-ethyl adjacent to an activating group) is 1. The van der Waals surface area contributed by atoms with E-state index in [1.165, 1.54) is 0 Å². The van der Waals surface area contributed by atoms with E-state index in [4.69, 9.17) is 9.47 Å². The summed E-state index contributed by atoms with van der Waals surface area (Å²) in [4.78, 5) is 12.2. The average Bonchev–Trinajstić information content (AvgIpc) is 3.26. The molecule has 0 N–H and O–H groups in total. The minimum atomic E-state index is -0.0993. The summed E-state index contributed by atoms with van der Waals surface area (Å²) < 4.78 is 12.7. The van der Waals surface area contributed by atoms with Gasteiger partial charge in [0, 0.05) is 12.8 Å². The minimum Gasteiger partial charge on any atom is -0.462 e. The number of nitrogens with zero attached hydrogens (tertiary/aromatic N) is 1. The van der Waals surface area contributed by atoms with Crippen LogP contribution in [0.25, 0.3) is 0 Å². The maximum atomic E-state index is 12.2. The molecule has 22 heavy (non-hydrogen) atoms. The lowest BCUT2D eigenvalue weighted by atomic mass is 9.95. The van der Waals surface area contributed by atoms with E-state index >= 15 is 0 Å². The van der Waals surface area contributed by atoms with E-state index in [9.17, 15) is 4.79 Å². The highest BCUT2D eigenvalue weighted by molar-refractivity contribution is 5.72. The van der Waals surface area contributed by atoms with Crippen LogP contribution in [0.15, 0.2) is 30.3 Å². The fraction of sp³-hybridized carbons (Fsp3) is 0.611. The van der Waals surface area contributed by atoms with Crippen molar-refractivity contribution in [3.63, 3.8) is 0 Å². The number of ether oxygens (including phenoxy) is 2. The van der Waals surface area contributed by atoms with Crippen molar-refractivity contribution in [2.24, 2.45) is 0 Å². The largest absolute Gasteiger partial charge is 0.462 e. The average molecular weight is 302 g/mol. The molecular formula is C18H24NO3+. The highest BCUT2D eigenvalue weighted by Gasteiger charge is 2.71. The van der Waals surface area contributed by atoms with Gasteiger partial charge in [-0.15, -0.1) is 0 Å². The molecule has 4 nitrogen and oxygen atoms in total. The SMILES string of the molecule is CC[N+]1(C)[C@@H]2CC(OC(=O)Cc3ccccc3)C[C@H]1C1OC12. The fourth-order valence-corrected chi connectivity index (χ4v) is 4.61. The molecule has 0 aliphatic carbocycles. The van der Waals surface area contributed by atoms with Crippen LogP contribution in [-0.2, 0) is 20.7 Å². The van der Waals surface area contributed by atoms with E-state index in [-0.39, 0.29) is 12.1 Å². The van der Waals surface area contributed by atoms with E-state index in [2.05, 4.69) is 14.0 Å². The molecule has 4 unspecified atom stereocenters. The normalized spacial score (nSPS) is 41.8. The zero-order valence-electron chi connectivity index (χ0n) is 13.3. The summed E-state index contributed by atoms with van der Waals surface area (Å²) in [6.45, 7) is 3.39. The van der Waals surface area contributed by atoms with Gasteiger partial charge >= 0.3 is 5.97 Å². The Morgan fingerprint density at radius 2 is 1.86 bits per heavy atom. The summed E-state index contributed by atoms with van der Waals surface area (Å²) in [6.07, 6.45) is 3.15. The van der Waals surface area contributed by atoms with Gasteiger partial charge < -0.3 is 14.0 Å². The molecule has 0 aromatic heterocycles. The third-order valence-corrected chi connectivity index (χ3v) is 6.01. The first-order valence-electron chi connectivity index (χ1n) is 8.35. The molecule has 3 fully saturated rings. The number of carbonyl (C=O) groups excluding carboxylic acids is 1. The molecule has 0 saturated carbocycles. The Labute approximate surface area is 131 Å². The molecule has 118 valence electrons. The van der Waals surface area contributed by atoms with Crippen molar-refractivity contribution in [3.05, 3.63) is 35.9 Å². The fourth-order valence-electron chi connectivity index (χ4n) is 4.61. The Bertz CT molecular complexity index is 555. The number of rotatable bonds is 4. The third kappa shape index (κ3) is 2.17. The molecule has 3 heterocycles. The lowest BCUT2D eigenvalue weighted by molar-refractivity contribution is -0.954. The number of carbonyl (C=O) groups is 1. The van der Waals surface area contributed by atoms with Gasteiger partial charge in [-0.25, -0.2) is 0 Å². The topological polar surface area (TPSA) is 38.8 Å². The van der Waals surface area contributed by atoms with Gasteiger partial charge in [-0.1, -0.05) is 30.3 Å². The Hall–Kier alpha value is -1.39. The van der Waals surface area contributed by atoms with Gasteiger partial charge in [-0.2, -0.15) is 0 Å². The predicted molar refractivity (Wildman–Crippen MR) is 82.2 cm³/mol. The summed E-state index contributed by atoms with van der Waals surface area (Å²) in [6, 6.07) is 10.8. The second kappa shape index (κ2) is 5.07. The highest BCUT2D eigenvalue weighted by Crippen LogP contribution is 2.52. The van der Waals surface area contributed by atoms with Crippen LogP contribution in [0.1, 0.15) is 25.3 Å².